The van der Waals surface area contributed by atoms with Crippen molar-refractivity contribution in [2.45, 2.75) is 6.92 Å². The molecule has 0 aliphatic carbocycles. The molecule has 1 amide bonds. The molecule has 2 rings (SSSR count). The van der Waals surface area contributed by atoms with Gasteiger partial charge in [-0.3, -0.25) is 4.79 Å². The summed E-state index contributed by atoms with van der Waals surface area (Å²) in [6.45, 7) is 2.53. The van der Waals surface area contributed by atoms with Gasteiger partial charge in [0.2, 0.25) is 0 Å². The van der Waals surface area contributed by atoms with E-state index in [9.17, 15) is 4.79 Å². The monoisotopic (exact) mass is 487 g/mol. The van der Waals surface area contributed by atoms with Gasteiger partial charge in [0.25, 0.3) is 5.91 Å². The van der Waals surface area contributed by atoms with Crippen LogP contribution in [0.2, 0.25) is 5.02 Å². The van der Waals surface area contributed by atoms with Crippen LogP contribution in [0.15, 0.2) is 41.5 Å². The first-order valence-corrected chi connectivity index (χ1v) is 9.30. The summed E-state index contributed by atoms with van der Waals surface area (Å²) in [6.07, 6.45) is 1.56. The number of halogens is 2. The molecule has 0 fully saturated rings. The van der Waals surface area contributed by atoms with E-state index in [2.05, 4.69) is 38.4 Å². The van der Waals surface area contributed by atoms with E-state index in [1.807, 2.05) is 19.1 Å². The van der Waals surface area contributed by atoms with Gasteiger partial charge >= 0.3 is 0 Å². The van der Waals surface area contributed by atoms with Crippen molar-refractivity contribution in [2.75, 3.05) is 25.6 Å². The fourth-order valence-corrected chi connectivity index (χ4v) is 3.06. The zero-order valence-corrected chi connectivity index (χ0v) is 17.3. The van der Waals surface area contributed by atoms with Crippen LogP contribution in [0.25, 0.3) is 0 Å². The van der Waals surface area contributed by atoms with E-state index in [4.69, 9.17) is 21.1 Å². The van der Waals surface area contributed by atoms with Gasteiger partial charge < -0.3 is 14.8 Å². The van der Waals surface area contributed by atoms with Crippen LogP contribution in [0.3, 0.4) is 0 Å². The molecule has 0 bridgehead atoms. The smallest absolute Gasteiger partial charge is 0.259 e. The Morgan fingerprint density at radius 3 is 2.69 bits per heavy atom. The van der Waals surface area contributed by atoms with Crippen molar-refractivity contribution in [3.05, 3.63) is 50.6 Å². The largest absolute Gasteiger partial charge is 0.492 e. The van der Waals surface area contributed by atoms with Crippen molar-refractivity contribution in [2.24, 2.45) is 5.10 Å². The second kappa shape index (κ2) is 10.2. The van der Waals surface area contributed by atoms with Crippen LogP contribution in [-0.4, -0.2) is 32.4 Å². The number of anilines is 1. The molecule has 2 aromatic carbocycles. The molecule has 0 heterocycles. The average Bonchev–Trinajstić information content (AvgIpc) is 2.61. The van der Waals surface area contributed by atoms with Gasteiger partial charge in [0, 0.05) is 10.7 Å². The SMILES string of the molecule is CCOc1cc(/C=N\NC(=O)CNc2ccc(Cl)cc2)cc(I)c1OC. The summed E-state index contributed by atoms with van der Waals surface area (Å²) in [6, 6.07) is 10.8. The molecule has 0 saturated carbocycles. The number of rotatable bonds is 8. The summed E-state index contributed by atoms with van der Waals surface area (Å²) < 4.78 is 11.8. The summed E-state index contributed by atoms with van der Waals surface area (Å²) in [5, 5.41) is 7.61. The third-order valence-electron chi connectivity index (χ3n) is 3.24. The minimum atomic E-state index is -0.260. The number of amides is 1. The Bertz CT molecular complexity index is 782. The van der Waals surface area contributed by atoms with Crippen molar-refractivity contribution in [1.29, 1.82) is 0 Å². The molecule has 0 unspecified atom stereocenters. The summed E-state index contributed by atoms with van der Waals surface area (Å²) in [5.74, 6) is 1.06. The maximum Gasteiger partial charge on any atom is 0.259 e. The number of nitrogens with zero attached hydrogens (tertiary/aromatic N) is 1. The Morgan fingerprint density at radius 2 is 2.04 bits per heavy atom. The second-order valence-corrected chi connectivity index (χ2v) is 6.72. The van der Waals surface area contributed by atoms with Crippen LogP contribution >= 0.6 is 34.2 Å². The Labute approximate surface area is 171 Å². The number of hydrazone groups is 1. The van der Waals surface area contributed by atoms with Gasteiger partial charge in [-0.2, -0.15) is 5.10 Å². The molecule has 6 nitrogen and oxygen atoms in total. The van der Waals surface area contributed by atoms with E-state index >= 15 is 0 Å². The Morgan fingerprint density at radius 1 is 1.31 bits per heavy atom. The van der Waals surface area contributed by atoms with Gasteiger partial charge in [0.1, 0.15) is 0 Å². The molecule has 0 aliphatic rings. The molecular weight excluding hydrogens is 469 g/mol. The zero-order valence-electron chi connectivity index (χ0n) is 14.4. The summed E-state index contributed by atoms with van der Waals surface area (Å²) in [5.41, 5.74) is 4.08. The maximum absolute atomic E-state index is 11.9. The predicted molar refractivity (Wildman–Crippen MR) is 113 cm³/mol. The quantitative estimate of drug-likeness (QED) is 0.336. The number of hydrogen-bond acceptors (Lipinski definition) is 5. The topological polar surface area (TPSA) is 72.0 Å². The summed E-state index contributed by atoms with van der Waals surface area (Å²) in [7, 11) is 1.60. The van der Waals surface area contributed by atoms with E-state index < -0.39 is 0 Å². The van der Waals surface area contributed by atoms with Crippen molar-refractivity contribution in [1.82, 2.24) is 5.43 Å². The number of carbonyl (C=O) groups is 1. The normalized spacial score (nSPS) is 10.6. The summed E-state index contributed by atoms with van der Waals surface area (Å²) in [4.78, 5) is 11.9. The maximum atomic E-state index is 11.9. The van der Waals surface area contributed by atoms with E-state index in [0.717, 1.165) is 14.8 Å². The van der Waals surface area contributed by atoms with Crippen LogP contribution in [-0.2, 0) is 4.79 Å². The number of ether oxygens (including phenoxy) is 2. The van der Waals surface area contributed by atoms with Gasteiger partial charge in [-0.05, 0) is 71.5 Å². The lowest BCUT2D eigenvalue weighted by molar-refractivity contribution is -0.119. The molecular formula is C18H19ClIN3O3. The molecule has 0 saturated heterocycles. The first-order chi connectivity index (χ1) is 12.5. The number of benzene rings is 2. The molecule has 138 valence electrons. The van der Waals surface area contributed by atoms with Crippen molar-refractivity contribution in [3.8, 4) is 11.5 Å². The van der Waals surface area contributed by atoms with Crippen LogP contribution < -0.4 is 20.2 Å². The predicted octanol–water partition coefficient (Wildman–Crippen LogP) is 3.91. The summed E-state index contributed by atoms with van der Waals surface area (Å²) >= 11 is 7.98. The highest BCUT2D eigenvalue weighted by molar-refractivity contribution is 14.1. The lowest BCUT2D eigenvalue weighted by Gasteiger charge is -2.11. The molecule has 2 aromatic rings. The molecule has 8 heteroatoms. The van der Waals surface area contributed by atoms with E-state index in [1.165, 1.54) is 0 Å². The first kappa shape index (κ1) is 20.3. The number of methoxy groups -OCH3 is 1. The van der Waals surface area contributed by atoms with Gasteiger partial charge in [-0.25, -0.2) is 5.43 Å². The zero-order chi connectivity index (χ0) is 18.9. The van der Waals surface area contributed by atoms with Gasteiger partial charge in [0.05, 0.1) is 30.0 Å². The molecule has 2 N–H and O–H groups in total. The Hall–Kier alpha value is -2.00. The second-order valence-electron chi connectivity index (χ2n) is 5.12. The standard InChI is InChI=1S/C18H19ClIN3O3/c1-3-26-16-9-12(8-15(20)18(16)25-2)10-22-23-17(24)11-21-14-6-4-13(19)5-7-14/h4-10,21H,3,11H2,1-2H3,(H,23,24)/b22-10-. The van der Waals surface area contributed by atoms with Crippen LogP contribution in [0, 0.1) is 3.57 Å². The highest BCUT2D eigenvalue weighted by Crippen LogP contribution is 2.33. The Kier molecular flexibility index (Phi) is 7.99. The van der Waals surface area contributed by atoms with Crippen molar-refractivity contribution >= 4 is 52.0 Å². The fourth-order valence-electron chi connectivity index (χ4n) is 2.09. The van der Waals surface area contributed by atoms with Crippen LogP contribution in [0.4, 0.5) is 5.69 Å². The third-order valence-corrected chi connectivity index (χ3v) is 4.29. The van der Waals surface area contributed by atoms with Gasteiger partial charge in [-0.15, -0.1) is 0 Å². The molecule has 0 aliphatic heterocycles. The fraction of sp³-hybridized carbons (Fsp3) is 0.222. The van der Waals surface area contributed by atoms with Gasteiger partial charge in [0.15, 0.2) is 11.5 Å². The molecule has 0 aromatic heterocycles. The van der Waals surface area contributed by atoms with Gasteiger partial charge in [-0.1, -0.05) is 11.6 Å². The van der Waals surface area contributed by atoms with Crippen molar-refractivity contribution < 1.29 is 14.3 Å². The average molecular weight is 488 g/mol. The van der Waals surface area contributed by atoms with Crippen LogP contribution in [0.1, 0.15) is 12.5 Å². The molecule has 0 radical (unpaired) electrons. The number of nitrogens with one attached hydrogen (secondary N) is 2. The van der Waals surface area contributed by atoms with Crippen molar-refractivity contribution in [3.63, 3.8) is 0 Å². The minimum absolute atomic E-state index is 0.101. The minimum Gasteiger partial charge on any atom is -0.492 e. The lowest BCUT2D eigenvalue weighted by Crippen LogP contribution is -2.25. The third kappa shape index (κ3) is 6.06. The molecule has 26 heavy (non-hydrogen) atoms. The molecule has 0 spiro atoms. The van der Waals surface area contributed by atoms with E-state index in [-0.39, 0.29) is 12.5 Å². The Balaban J connectivity index is 1.92. The number of hydrogen-bond donors (Lipinski definition) is 2. The van der Waals surface area contributed by atoms with E-state index in [0.29, 0.717) is 23.1 Å². The first-order valence-electron chi connectivity index (χ1n) is 7.85. The van der Waals surface area contributed by atoms with Crippen LogP contribution in [0.5, 0.6) is 11.5 Å². The highest BCUT2D eigenvalue weighted by atomic mass is 127. The van der Waals surface area contributed by atoms with E-state index in [1.54, 1.807) is 37.6 Å². The lowest BCUT2D eigenvalue weighted by atomic mass is 10.2. The number of carbonyl (C=O) groups excluding carboxylic acids is 1. The molecule has 0 atom stereocenters. The highest BCUT2D eigenvalue weighted by Gasteiger charge is 2.10.